The summed E-state index contributed by atoms with van der Waals surface area (Å²) < 4.78 is 28.1. The van der Waals surface area contributed by atoms with Crippen molar-refractivity contribution in [2.24, 2.45) is 5.14 Å². The van der Waals surface area contributed by atoms with Crippen LogP contribution in [0.15, 0.2) is 77.7 Å². The maximum absolute atomic E-state index is 12.0. The zero-order valence-electron chi connectivity index (χ0n) is 16.5. The van der Waals surface area contributed by atoms with Gasteiger partial charge in [0.1, 0.15) is 5.75 Å². The Bertz CT molecular complexity index is 1090. The van der Waals surface area contributed by atoms with Crippen LogP contribution in [-0.2, 0) is 21.4 Å². The number of anilines is 2. The number of nitrogens with two attached hydrogens (primary N) is 1. The van der Waals surface area contributed by atoms with Crippen LogP contribution in [0, 0.1) is 6.92 Å². The molecule has 0 aliphatic rings. The van der Waals surface area contributed by atoms with Crippen LogP contribution in [0.5, 0.6) is 5.75 Å². The first-order chi connectivity index (χ1) is 14.3. The molecule has 0 radical (unpaired) electrons. The highest BCUT2D eigenvalue weighted by Gasteiger charge is 2.07. The van der Waals surface area contributed by atoms with E-state index in [4.69, 9.17) is 9.88 Å². The van der Waals surface area contributed by atoms with Crippen LogP contribution in [0.3, 0.4) is 0 Å². The van der Waals surface area contributed by atoms with Gasteiger partial charge in [-0.2, -0.15) is 0 Å². The summed E-state index contributed by atoms with van der Waals surface area (Å²) in [7, 11) is -3.69. The van der Waals surface area contributed by atoms with Crippen molar-refractivity contribution >= 4 is 27.3 Å². The number of primary sulfonamides is 1. The van der Waals surface area contributed by atoms with Gasteiger partial charge in [-0.15, -0.1) is 0 Å². The first-order valence-corrected chi connectivity index (χ1v) is 10.8. The number of sulfonamides is 1. The van der Waals surface area contributed by atoms with E-state index in [0.29, 0.717) is 12.3 Å². The quantitative estimate of drug-likeness (QED) is 0.513. The zero-order chi connectivity index (χ0) is 21.6. The van der Waals surface area contributed by atoms with Gasteiger partial charge in [-0.25, -0.2) is 13.6 Å². The van der Waals surface area contributed by atoms with Crippen LogP contribution in [-0.4, -0.2) is 20.9 Å². The Labute approximate surface area is 175 Å². The molecule has 3 rings (SSSR count). The van der Waals surface area contributed by atoms with Gasteiger partial charge in [0.15, 0.2) is 6.61 Å². The third-order valence-electron chi connectivity index (χ3n) is 4.31. The summed E-state index contributed by atoms with van der Waals surface area (Å²) in [6.45, 7) is 2.45. The Morgan fingerprint density at radius 2 is 1.50 bits per heavy atom. The summed E-state index contributed by atoms with van der Waals surface area (Å²) in [6, 6.07) is 21.1. The predicted molar refractivity (Wildman–Crippen MR) is 117 cm³/mol. The Morgan fingerprint density at radius 3 is 2.10 bits per heavy atom. The molecule has 3 aromatic rings. The highest BCUT2D eigenvalue weighted by Crippen LogP contribution is 2.16. The first-order valence-electron chi connectivity index (χ1n) is 9.24. The molecule has 0 unspecified atom stereocenters. The maximum Gasteiger partial charge on any atom is 0.262 e. The molecule has 0 bridgehead atoms. The zero-order valence-corrected chi connectivity index (χ0v) is 17.3. The molecular formula is C22H23N3O4S. The van der Waals surface area contributed by atoms with Crippen molar-refractivity contribution in [1.82, 2.24) is 0 Å². The van der Waals surface area contributed by atoms with Gasteiger partial charge in [-0.3, -0.25) is 4.79 Å². The van der Waals surface area contributed by atoms with Gasteiger partial charge in [0.05, 0.1) is 4.90 Å². The van der Waals surface area contributed by atoms with Gasteiger partial charge in [-0.05, 0) is 61.0 Å². The SMILES string of the molecule is Cc1ccc(NC(=O)COc2ccc(CNc3ccc(S(N)(=O)=O)cc3)cc2)cc1. The third-order valence-corrected chi connectivity index (χ3v) is 5.24. The lowest BCUT2D eigenvalue weighted by atomic mass is 10.2. The molecule has 0 aliphatic carbocycles. The second-order valence-electron chi connectivity index (χ2n) is 6.77. The molecule has 0 spiro atoms. The van der Waals surface area contributed by atoms with E-state index < -0.39 is 10.0 Å². The lowest BCUT2D eigenvalue weighted by Crippen LogP contribution is -2.20. The number of amides is 1. The van der Waals surface area contributed by atoms with E-state index in [1.54, 1.807) is 24.3 Å². The van der Waals surface area contributed by atoms with Crippen molar-refractivity contribution in [2.75, 3.05) is 17.2 Å². The van der Waals surface area contributed by atoms with Gasteiger partial charge in [-0.1, -0.05) is 29.8 Å². The van der Waals surface area contributed by atoms with Crippen LogP contribution in [0.25, 0.3) is 0 Å². The molecule has 4 N–H and O–H groups in total. The van der Waals surface area contributed by atoms with Crippen molar-refractivity contribution in [3.05, 3.63) is 83.9 Å². The average Bonchev–Trinajstić information content (AvgIpc) is 2.73. The molecule has 0 aliphatic heterocycles. The van der Waals surface area contributed by atoms with E-state index in [9.17, 15) is 13.2 Å². The number of rotatable bonds is 8. The number of aryl methyl sites for hydroxylation is 1. The van der Waals surface area contributed by atoms with Gasteiger partial charge >= 0.3 is 0 Å². The van der Waals surface area contributed by atoms with Crippen LogP contribution >= 0.6 is 0 Å². The minimum absolute atomic E-state index is 0.0703. The number of ether oxygens (including phenoxy) is 1. The lowest BCUT2D eigenvalue weighted by Gasteiger charge is -2.10. The molecule has 0 heterocycles. The number of carbonyl (C=O) groups is 1. The van der Waals surface area contributed by atoms with E-state index in [1.165, 1.54) is 12.1 Å². The van der Waals surface area contributed by atoms with Gasteiger partial charge in [0.2, 0.25) is 10.0 Å². The summed E-state index contributed by atoms with van der Waals surface area (Å²) in [6.07, 6.45) is 0. The van der Waals surface area contributed by atoms with Gasteiger partial charge in [0.25, 0.3) is 5.91 Å². The molecular weight excluding hydrogens is 402 g/mol. The van der Waals surface area contributed by atoms with Crippen LogP contribution in [0.2, 0.25) is 0 Å². The Balaban J connectivity index is 1.46. The minimum atomic E-state index is -3.69. The standard InChI is InChI=1S/C22H23N3O4S/c1-16-2-6-19(7-3-16)25-22(26)15-29-20-10-4-17(5-11-20)14-24-18-8-12-21(13-9-18)30(23,27)28/h2-13,24H,14-15H2,1H3,(H,25,26)(H2,23,27,28). The molecule has 1 amide bonds. The summed E-state index contributed by atoms with van der Waals surface area (Å²) in [5.41, 5.74) is 3.63. The molecule has 8 heteroatoms. The largest absolute Gasteiger partial charge is 0.484 e. The normalized spacial score (nSPS) is 11.0. The summed E-state index contributed by atoms with van der Waals surface area (Å²) in [4.78, 5) is 12.1. The number of nitrogens with one attached hydrogen (secondary N) is 2. The number of carbonyl (C=O) groups excluding carboxylic acids is 1. The van der Waals surface area contributed by atoms with Crippen molar-refractivity contribution in [2.45, 2.75) is 18.4 Å². The number of benzene rings is 3. The summed E-state index contributed by atoms with van der Waals surface area (Å²) >= 11 is 0. The fourth-order valence-corrected chi connectivity index (χ4v) is 3.17. The molecule has 30 heavy (non-hydrogen) atoms. The molecule has 3 aromatic carbocycles. The highest BCUT2D eigenvalue weighted by atomic mass is 32.2. The Morgan fingerprint density at radius 1 is 0.900 bits per heavy atom. The van der Waals surface area contributed by atoms with E-state index in [-0.39, 0.29) is 17.4 Å². The first kappa shape index (κ1) is 21.4. The Hall–Kier alpha value is -3.36. The monoisotopic (exact) mass is 425 g/mol. The highest BCUT2D eigenvalue weighted by molar-refractivity contribution is 7.89. The van der Waals surface area contributed by atoms with Crippen molar-refractivity contribution in [3.63, 3.8) is 0 Å². The van der Waals surface area contributed by atoms with Gasteiger partial charge in [0, 0.05) is 17.9 Å². The van der Waals surface area contributed by atoms with E-state index in [0.717, 1.165) is 22.5 Å². The average molecular weight is 426 g/mol. The number of hydrogen-bond acceptors (Lipinski definition) is 5. The number of hydrogen-bond donors (Lipinski definition) is 3. The fourth-order valence-electron chi connectivity index (χ4n) is 2.65. The van der Waals surface area contributed by atoms with E-state index in [2.05, 4.69) is 10.6 Å². The molecule has 0 atom stereocenters. The minimum Gasteiger partial charge on any atom is -0.484 e. The second kappa shape index (κ2) is 9.43. The summed E-state index contributed by atoms with van der Waals surface area (Å²) in [5, 5.41) is 11.1. The van der Waals surface area contributed by atoms with Crippen LogP contribution < -0.4 is 20.5 Å². The molecule has 0 saturated heterocycles. The lowest BCUT2D eigenvalue weighted by molar-refractivity contribution is -0.118. The van der Waals surface area contributed by atoms with E-state index >= 15 is 0 Å². The van der Waals surface area contributed by atoms with Crippen LogP contribution in [0.1, 0.15) is 11.1 Å². The Kier molecular flexibility index (Phi) is 6.71. The van der Waals surface area contributed by atoms with Crippen molar-refractivity contribution in [3.8, 4) is 5.75 Å². The fraction of sp³-hybridized carbons (Fsp3) is 0.136. The summed E-state index contributed by atoms with van der Waals surface area (Å²) in [5.74, 6) is 0.364. The smallest absolute Gasteiger partial charge is 0.262 e. The molecule has 156 valence electrons. The van der Waals surface area contributed by atoms with Gasteiger partial charge < -0.3 is 15.4 Å². The maximum atomic E-state index is 12.0. The van der Waals surface area contributed by atoms with Crippen LogP contribution in [0.4, 0.5) is 11.4 Å². The van der Waals surface area contributed by atoms with Crippen molar-refractivity contribution < 1.29 is 17.9 Å². The van der Waals surface area contributed by atoms with E-state index in [1.807, 2.05) is 43.3 Å². The predicted octanol–water partition coefficient (Wildman–Crippen LogP) is 3.27. The topological polar surface area (TPSA) is 111 Å². The third kappa shape index (κ3) is 6.33. The molecule has 0 fully saturated rings. The molecule has 0 saturated carbocycles. The molecule has 7 nitrogen and oxygen atoms in total. The second-order valence-corrected chi connectivity index (χ2v) is 8.33. The molecule has 0 aromatic heterocycles. The van der Waals surface area contributed by atoms with Crippen molar-refractivity contribution in [1.29, 1.82) is 0 Å².